The number of carbonyl (C=O) groups excluding carboxylic acids is 1. The molecule has 1 aliphatic rings. The van der Waals surface area contributed by atoms with E-state index in [1.54, 1.807) is 6.20 Å². The second-order valence-electron chi connectivity index (χ2n) is 7.42. The van der Waals surface area contributed by atoms with Crippen LogP contribution in [-0.2, 0) is 5.41 Å². The number of rotatable bonds is 3. The molecule has 2 N–H and O–H groups in total. The summed E-state index contributed by atoms with van der Waals surface area (Å²) >= 11 is 1.47. The van der Waals surface area contributed by atoms with Gasteiger partial charge in [0.15, 0.2) is 5.13 Å². The highest BCUT2D eigenvalue weighted by Crippen LogP contribution is 2.42. The Kier molecular flexibility index (Phi) is 4.32. The van der Waals surface area contributed by atoms with Gasteiger partial charge in [-0.1, -0.05) is 30.3 Å². The minimum absolute atomic E-state index is 0.0556. The van der Waals surface area contributed by atoms with Crippen LogP contribution in [0.2, 0.25) is 0 Å². The molecule has 1 aliphatic heterocycles. The van der Waals surface area contributed by atoms with E-state index in [4.69, 9.17) is 5.73 Å². The summed E-state index contributed by atoms with van der Waals surface area (Å²) in [5, 5.41) is 2.65. The van der Waals surface area contributed by atoms with Gasteiger partial charge in [-0.2, -0.15) is 0 Å². The standard InChI is InChI=1S/C22H21N5OS/c23-21-25-18(15-29-21)22(17-4-2-1-3-5-17)8-11-26(12-9-22)20(28)16-6-7-19-24-10-13-27(19)14-16/h1-7,10,13-15H,8-9,11-12H2,(H2,23,25). The topological polar surface area (TPSA) is 76.5 Å². The van der Waals surface area contributed by atoms with Crippen LogP contribution in [-0.4, -0.2) is 38.3 Å². The maximum absolute atomic E-state index is 13.1. The number of aromatic nitrogens is 3. The van der Waals surface area contributed by atoms with Crippen LogP contribution >= 0.6 is 11.3 Å². The van der Waals surface area contributed by atoms with Crippen LogP contribution in [0.25, 0.3) is 5.65 Å². The van der Waals surface area contributed by atoms with E-state index in [0.717, 1.165) is 24.2 Å². The Morgan fingerprint density at radius 2 is 1.90 bits per heavy atom. The van der Waals surface area contributed by atoms with Crippen LogP contribution in [0.15, 0.2) is 66.4 Å². The van der Waals surface area contributed by atoms with E-state index < -0.39 is 0 Å². The molecule has 1 aromatic carbocycles. The summed E-state index contributed by atoms with van der Waals surface area (Å²) in [6.07, 6.45) is 7.08. The van der Waals surface area contributed by atoms with Crippen LogP contribution < -0.4 is 5.73 Å². The van der Waals surface area contributed by atoms with Crippen molar-refractivity contribution in [2.45, 2.75) is 18.3 Å². The lowest BCUT2D eigenvalue weighted by atomic mass is 9.70. The molecule has 146 valence electrons. The van der Waals surface area contributed by atoms with Gasteiger partial charge in [0.1, 0.15) is 5.65 Å². The first-order valence-corrected chi connectivity index (χ1v) is 10.5. The van der Waals surface area contributed by atoms with E-state index in [9.17, 15) is 4.79 Å². The Balaban J connectivity index is 1.42. The van der Waals surface area contributed by atoms with Crippen LogP contribution in [0.5, 0.6) is 0 Å². The molecule has 6 nitrogen and oxygen atoms in total. The highest BCUT2D eigenvalue weighted by atomic mass is 32.1. The minimum Gasteiger partial charge on any atom is -0.375 e. The van der Waals surface area contributed by atoms with Gasteiger partial charge in [-0.3, -0.25) is 4.79 Å². The first kappa shape index (κ1) is 17.9. The number of imidazole rings is 1. The summed E-state index contributed by atoms with van der Waals surface area (Å²) in [5.74, 6) is 0.0556. The lowest BCUT2D eigenvalue weighted by Gasteiger charge is -2.41. The average molecular weight is 404 g/mol. The van der Waals surface area contributed by atoms with Gasteiger partial charge in [-0.05, 0) is 30.5 Å². The van der Waals surface area contributed by atoms with Crippen LogP contribution in [0.3, 0.4) is 0 Å². The second-order valence-corrected chi connectivity index (χ2v) is 8.31. The largest absolute Gasteiger partial charge is 0.375 e. The van der Waals surface area contributed by atoms with Gasteiger partial charge < -0.3 is 15.0 Å². The van der Waals surface area contributed by atoms with Gasteiger partial charge in [0.05, 0.1) is 11.3 Å². The number of pyridine rings is 1. The Morgan fingerprint density at radius 3 is 2.62 bits per heavy atom. The number of amides is 1. The molecule has 0 bridgehead atoms. The molecule has 4 heterocycles. The van der Waals surface area contributed by atoms with Crippen molar-refractivity contribution >= 4 is 28.0 Å². The molecule has 1 saturated heterocycles. The van der Waals surface area contributed by atoms with Gasteiger partial charge in [0.25, 0.3) is 5.91 Å². The zero-order valence-corrected chi connectivity index (χ0v) is 16.7. The molecule has 4 aromatic rings. The van der Waals surface area contributed by atoms with E-state index >= 15 is 0 Å². The predicted octanol–water partition coefficient (Wildman–Crippen LogP) is 3.60. The normalized spacial score (nSPS) is 16.2. The third-order valence-electron chi connectivity index (χ3n) is 5.88. The van der Waals surface area contributed by atoms with Crippen LogP contribution in [0.4, 0.5) is 5.13 Å². The number of benzene rings is 1. The lowest BCUT2D eigenvalue weighted by molar-refractivity contribution is 0.0683. The first-order valence-electron chi connectivity index (χ1n) is 9.65. The Hall–Kier alpha value is -3.19. The zero-order valence-electron chi connectivity index (χ0n) is 15.9. The molecule has 1 fully saturated rings. The number of fused-ring (bicyclic) bond motifs is 1. The monoisotopic (exact) mass is 403 g/mol. The molecule has 7 heteroatoms. The quantitative estimate of drug-likeness (QED) is 0.567. The molecule has 0 spiro atoms. The number of likely N-dealkylation sites (tertiary alicyclic amines) is 1. The number of hydrogen-bond donors (Lipinski definition) is 1. The Morgan fingerprint density at radius 1 is 1.10 bits per heavy atom. The fraction of sp³-hybridized carbons (Fsp3) is 0.227. The van der Waals surface area contributed by atoms with Gasteiger partial charge >= 0.3 is 0 Å². The minimum atomic E-state index is -0.208. The number of nitrogens with zero attached hydrogens (tertiary/aromatic N) is 4. The van der Waals surface area contributed by atoms with E-state index in [1.165, 1.54) is 16.9 Å². The van der Waals surface area contributed by atoms with E-state index in [1.807, 2.05) is 39.9 Å². The summed E-state index contributed by atoms with van der Waals surface area (Å²) in [5.41, 5.74) is 9.50. The average Bonchev–Trinajstić information content (AvgIpc) is 3.42. The van der Waals surface area contributed by atoms with E-state index in [2.05, 4.69) is 39.6 Å². The molecule has 0 unspecified atom stereocenters. The number of carbonyl (C=O) groups is 1. The first-order chi connectivity index (χ1) is 14.2. The fourth-order valence-corrected chi connectivity index (χ4v) is 4.94. The molecule has 0 aliphatic carbocycles. The smallest absolute Gasteiger partial charge is 0.255 e. The molecule has 3 aromatic heterocycles. The molecule has 0 atom stereocenters. The number of piperidine rings is 1. The van der Waals surface area contributed by atoms with Crippen molar-refractivity contribution in [3.63, 3.8) is 0 Å². The number of nitrogens with two attached hydrogens (primary N) is 1. The summed E-state index contributed by atoms with van der Waals surface area (Å²) in [6, 6.07) is 14.2. The van der Waals surface area contributed by atoms with Gasteiger partial charge in [0.2, 0.25) is 0 Å². The Bertz CT molecular complexity index is 1160. The third kappa shape index (κ3) is 3.07. The van der Waals surface area contributed by atoms with Gasteiger partial charge in [-0.25, -0.2) is 9.97 Å². The fourth-order valence-electron chi connectivity index (χ4n) is 4.28. The summed E-state index contributed by atoms with van der Waals surface area (Å²) in [4.78, 5) is 23.9. The SMILES string of the molecule is Nc1nc(C2(c3ccccc3)CCN(C(=O)c3ccc4nccn4c3)CC2)cs1. The Labute approximate surface area is 172 Å². The van der Waals surface area contributed by atoms with Crippen LogP contribution in [0, 0.1) is 0 Å². The highest BCUT2D eigenvalue weighted by Gasteiger charge is 2.40. The van der Waals surface area contributed by atoms with Crippen molar-refractivity contribution < 1.29 is 4.79 Å². The third-order valence-corrected chi connectivity index (χ3v) is 6.55. The predicted molar refractivity (Wildman–Crippen MR) is 114 cm³/mol. The molecule has 0 radical (unpaired) electrons. The molecule has 0 saturated carbocycles. The number of hydrogen-bond acceptors (Lipinski definition) is 5. The zero-order chi connectivity index (χ0) is 19.8. The summed E-state index contributed by atoms with van der Waals surface area (Å²) in [6.45, 7) is 1.35. The lowest BCUT2D eigenvalue weighted by Crippen LogP contribution is -2.46. The van der Waals surface area contributed by atoms with Crippen molar-refractivity contribution in [3.05, 3.63) is 83.3 Å². The van der Waals surface area contributed by atoms with Crippen molar-refractivity contribution in [2.24, 2.45) is 0 Å². The molecule has 29 heavy (non-hydrogen) atoms. The second kappa shape index (κ2) is 7.00. The summed E-state index contributed by atoms with van der Waals surface area (Å²) < 4.78 is 1.88. The highest BCUT2D eigenvalue weighted by molar-refractivity contribution is 7.13. The molecular weight excluding hydrogens is 382 g/mol. The molecule has 1 amide bonds. The van der Waals surface area contributed by atoms with Crippen molar-refractivity contribution in [3.8, 4) is 0 Å². The molecular formula is C22H21N5OS. The van der Waals surface area contributed by atoms with Gasteiger partial charge in [0, 0.05) is 42.5 Å². The van der Waals surface area contributed by atoms with Gasteiger partial charge in [-0.15, -0.1) is 11.3 Å². The number of anilines is 1. The molecule has 5 rings (SSSR count). The van der Waals surface area contributed by atoms with E-state index in [-0.39, 0.29) is 11.3 Å². The van der Waals surface area contributed by atoms with Crippen molar-refractivity contribution in [2.75, 3.05) is 18.8 Å². The summed E-state index contributed by atoms with van der Waals surface area (Å²) in [7, 11) is 0. The maximum Gasteiger partial charge on any atom is 0.255 e. The maximum atomic E-state index is 13.1. The van der Waals surface area contributed by atoms with E-state index in [0.29, 0.717) is 23.8 Å². The number of nitrogen functional groups attached to an aromatic ring is 1. The number of thiazole rings is 1. The van der Waals surface area contributed by atoms with Crippen molar-refractivity contribution in [1.82, 2.24) is 19.3 Å². The van der Waals surface area contributed by atoms with Crippen molar-refractivity contribution in [1.29, 1.82) is 0 Å². The van der Waals surface area contributed by atoms with Crippen LogP contribution in [0.1, 0.15) is 34.5 Å².